The van der Waals surface area contributed by atoms with Crippen LogP contribution < -0.4 is 5.73 Å². The van der Waals surface area contributed by atoms with Gasteiger partial charge in [-0.3, -0.25) is 0 Å². The maximum Gasteiger partial charge on any atom is 0.407 e. The first-order chi connectivity index (χ1) is 5.41. The molecule has 5 heteroatoms. The topological polar surface area (TPSA) is 39.2 Å². The van der Waals surface area contributed by atoms with E-state index in [4.69, 9.17) is 10.2 Å². The van der Waals surface area contributed by atoms with Crippen molar-refractivity contribution in [1.29, 1.82) is 0 Å². The first kappa shape index (κ1) is 9.12. The van der Waals surface area contributed by atoms with E-state index in [2.05, 4.69) is 0 Å². The predicted molar refractivity (Wildman–Crippen MR) is 36.4 cm³/mol. The Balaban J connectivity index is 2.85. The minimum Gasteiger partial charge on any atom is -0.469 e. The fourth-order valence-electron chi connectivity index (χ4n) is 0.816. The van der Waals surface area contributed by atoms with E-state index in [0.717, 1.165) is 6.26 Å². The Kier molecular flexibility index (Phi) is 2.14. The Morgan fingerprint density at radius 1 is 1.50 bits per heavy atom. The molecule has 0 fully saturated rings. The van der Waals surface area contributed by atoms with Gasteiger partial charge in [0, 0.05) is 5.56 Å². The van der Waals surface area contributed by atoms with Crippen LogP contribution in [0.2, 0.25) is 0 Å². The highest BCUT2D eigenvalue weighted by Gasteiger charge is 2.38. The molecule has 1 aromatic heterocycles. The summed E-state index contributed by atoms with van der Waals surface area (Å²) in [7, 11) is 0. The van der Waals surface area contributed by atoms with Crippen LogP contribution in [0.3, 0.4) is 0 Å². The van der Waals surface area contributed by atoms with Crippen molar-refractivity contribution in [3.63, 3.8) is 0 Å². The molecular weight excluding hydrogens is 171 g/mol. The number of rotatable bonds is 1. The van der Waals surface area contributed by atoms with Gasteiger partial charge in [0.2, 0.25) is 0 Å². The Labute approximate surface area is 67.2 Å². The third-order valence-corrected chi connectivity index (χ3v) is 1.46. The lowest BCUT2D eigenvalue weighted by atomic mass is 10.1. The molecule has 1 atom stereocenters. The van der Waals surface area contributed by atoms with Gasteiger partial charge < -0.3 is 10.2 Å². The molecule has 2 N–H and O–H groups in total. The zero-order valence-corrected chi connectivity index (χ0v) is 6.35. The third kappa shape index (κ3) is 1.79. The number of aryl methyl sites for hydroxylation is 1. The van der Waals surface area contributed by atoms with E-state index in [9.17, 15) is 13.2 Å². The number of nitrogens with two attached hydrogens (primary N) is 1. The Morgan fingerprint density at radius 2 is 2.08 bits per heavy atom. The van der Waals surface area contributed by atoms with Crippen molar-refractivity contribution in [3.8, 4) is 0 Å². The highest BCUT2D eigenvalue weighted by Crippen LogP contribution is 2.30. The van der Waals surface area contributed by atoms with Crippen LogP contribution in [0.25, 0.3) is 0 Å². The molecule has 0 amide bonds. The second kappa shape index (κ2) is 2.82. The summed E-state index contributed by atoms with van der Waals surface area (Å²) in [5, 5.41) is 0. The molecule has 0 saturated heterocycles. The van der Waals surface area contributed by atoms with Crippen molar-refractivity contribution < 1.29 is 17.6 Å². The molecule has 0 aliphatic rings. The Hall–Kier alpha value is -0.970. The second-order valence-corrected chi connectivity index (χ2v) is 2.51. The van der Waals surface area contributed by atoms with Crippen LogP contribution in [0.1, 0.15) is 17.4 Å². The summed E-state index contributed by atoms with van der Waals surface area (Å²) in [4.78, 5) is 0. The van der Waals surface area contributed by atoms with Gasteiger partial charge in [-0.1, -0.05) is 0 Å². The quantitative estimate of drug-likeness (QED) is 0.717. The first-order valence-corrected chi connectivity index (χ1v) is 3.28. The monoisotopic (exact) mass is 179 g/mol. The van der Waals surface area contributed by atoms with Crippen LogP contribution in [0.4, 0.5) is 13.2 Å². The van der Waals surface area contributed by atoms with Crippen molar-refractivity contribution in [2.75, 3.05) is 0 Å². The third-order valence-electron chi connectivity index (χ3n) is 1.46. The van der Waals surface area contributed by atoms with Crippen molar-refractivity contribution in [1.82, 2.24) is 0 Å². The fourth-order valence-corrected chi connectivity index (χ4v) is 0.816. The molecule has 2 nitrogen and oxygen atoms in total. The summed E-state index contributed by atoms with van der Waals surface area (Å²) in [6.45, 7) is 1.56. The molecule has 0 spiro atoms. The van der Waals surface area contributed by atoms with E-state index >= 15 is 0 Å². The van der Waals surface area contributed by atoms with Gasteiger partial charge in [-0.25, -0.2) is 0 Å². The Morgan fingerprint density at radius 3 is 2.42 bits per heavy atom. The lowest BCUT2D eigenvalue weighted by molar-refractivity contribution is -0.149. The summed E-state index contributed by atoms with van der Waals surface area (Å²) >= 11 is 0. The van der Waals surface area contributed by atoms with Crippen molar-refractivity contribution in [3.05, 3.63) is 23.7 Å². The molecule has 1 heterocycles. The van der Waals surface area contributed by atoms with Crippen LogP contribution in [0.5, 0.6) is 0 Å². The predicted octanol–water partition coefficient (Wildman–Crippen LogP) is 2.15. The average Bonchev–Trinajstić information content (AvgIpc) is 2.32. The molecule has 0 aliphatic carbocycles. The Bertz CT molecular complexity index is 266. The zero-order valence-electron chi connectivity index (χ0n) is 6.35. The molecule has 68 valence electrons. The van der Waals surface area contributed by atoms with Gasteiger partial charge in [0.25, 0.3) is 0 Å². The molecule has 1 aromatic rings. The lowest BCUT2D eigenvalue weighted by Gasteiger charge is -2.12. The fraction of sp³-hybridized carbons (Fsp3) is 0.429. The van der Waals surface area contributed by atoms with E-state index in [1.165, 1.54) is 6.07 Å². The summed E-state index contributed by atoms with van der Waals surface area (Å²) in [5.74, 6) is 0.421. The summed E-state index contributed by atoms with van der Waals surface area (Å²) in [6, 6.07) is -0.673. The SMILES string of the molecule is Cc1cc([C@@H](N)C(F)(F)F)co1. The first-order valence-electron chi connectivity index (χ1n) is 3.28. The molecule has 12 heavy (non-hydrogen) atoms. The van der Waals surface area contributed by atoms with Crippen LogP contribution in [-0.2, 0) is 0 Å². The smallest absolute Gasteiger partial charge is 0.407 e. The van der Waals surface area contributed by atoms with Gasteiger partial charge >= 0.3 is 6.18 Å². The van der Waals surface area contributed by atoms with Crippen LogP contribution in [0, 0.1) is 6.92 Å². The molecule has 0 unspecified atom stereocenters. The van der Waals surface area contributed by atoms with Crippen molar-refractivity contribution in [2.24, 2.45) is 5.73 Å². The molecular formula is C7H8F3NO. The standard InChI is InChI=1S/C7H8F3NO/c1-4-2-5(3-12-4)6(11)7(8,9)10/h2-3,6H,11H2,1H3/t6-/m1/s1. The highest BCUT2D eigenvalue weighted by molar-refractivity contribution is 5.17. The minimum atomic E-state index is -4.41. The number of halogens is 3. The lowest BCUT2D eigenvalue weighted by Crippen LogP contribution is -2.27. The van der Waals surface area contributed by atoms with Gasteiger partial charge in [-0.05, 0) is 13.0 Å². The maximum absolute atomic E-state index is 12.0. The molecule has 0 aromatic carbocycles. The van der Waals surface area contributed by atoms with E-state index < -0.39 is 12.2 Å². The van der Waals surface area contributed by atoms with Gasteiger partial charge in [0.1, 0.15) is 11.8 Å². The molecule has 0 bridgehead atoms. The number of hydrogen-bond acceptors (Lipinski definition) is 2. The van der Waals surface area contributed by atoms with Crippen LogP contribution in [-0.4, -0.2) is 6.18 Å². The maximum atomic E-state index is 12.0. The number of alkyl halides is 3. The van der Waals surface area contributed by atoms with Crippen LogP contribution in [0.15, 0.2) is 16.7 Å². The molecule has 1 rings (SSSR count). The van der Waals surface area contributed by atoms with E-state index in [-0.39, 0.29) is 5.56 Å². The zero-order chi connectivity index (χ0) is 9.35. The molecule has 0 radical (unpaired) electrons. The summed E-state index contributed by atoms with van der Waals surface area (Å²) < 4.78 is 40.6. The largest absolute Gasteiger partial charge is 0.469 e. The number of furan rings is 1. The van der Waals surface area contributed by atoms with Gasteiger partial charge in [0.05, 0.1) is 6.26 Å². The van der Waals surface area contributed by atoms with Gasteiger partial charge in [-0.2, -0.15) is 13.2 Å². The molecule has 0 aliphatic heterocycles. The summed E-state index contributed by atoms with van der Waals surface area (Å²) in [6.07, 6.45) is -3.39. The summed E-state index contributed by atoms with van der Waals surface area (Å²) in [5.41, 5.74) is 4.86. The van der Waals surface area contributed by atoms with Crippen molar-refractivity contribution >= 4 is 0 Å². The van der Waals surface area contributed by atoms with Crippen molar-refractivity contribution in [2.45, 2.75) is 19.1 Å². The normalized spacial score (nSPS) is 14.8. The van der Waals surface area contributed by atoms with Gasteiger partial charge in [-0.15, -0.1) is 0 Å². The van der Waals surface area contributed by atoms with E-state index in [0.29, 0.717) is 5.76 Å². The molecule has 0 saturated carbocycles. The second-order valence-electron chi connectivity index (χ2n) is 2.51. The minimum absolute atomic E-state index is 0.0417. The highest BCUT2D eigenvalue weighted by atomic mass is 19.4. The van der Waals surface area contributed by atoms with Gasteiger partial charge in [0.15, 0.2) is 0 Å². The van der Waals surface area contributed by atoms with Crippen LogP contribution >= 0.6 is 0 Å². The average molecular weight is 179 g/mol. The van der Waals surface area contributed by atoms with E-state index in [1.54, 1.807) is 6.92 Å². The number of hydrogen-bond donors (Lipinski definition) is 1. The van der Waals surface area contributed by atoms with E-state index in [1.807, 2.05) is 0 Å².